The highest BCUT2D eigenvalue weighted by Gasteiger charge is 2.29. The minimum Gasteiger partial charge on any atom is -0.353 e. The van der Waals surface area contributed by atoms with Gasteiger partial charge in [-0.05, 0) is 31.2 Å². The summed E-state index contributed by atoms with van der Waals surface area (Å²) >= 11 is 0. The number of rotatable bonds is 4. The minimum atomic E-state index is -0.0712. The molecule has 0 unspecified atom stereocenters. The van der Waals surface area contributed by atoms with Gasteiger partial charge in [0.25, 0.3) is 0 Å². The van der Waals surface area contributed by atoms with Crippen LogP contribution in [0.2, 0.25) is 0 Å². The van der Waals surface area contributed by atoms with Crippen molar-refractivity contribution in [1.29, 1.82) is 0 Å². The Hall–Kier alpha value is -2.04. The fourth-order valence-electron chi connectivity index (χ4n) is 3.83. The van der Waals surface area contributed by atoms with Crippen LogP contribution in [0.15, 0.2) is 30.3 Å². The molecule has 3 rings (SSSR count). The number of urea groups is 1. The summed E-state index contributed by atoms with van der Waals surface area (Å²) in [6, 6.07) is 10.2. The first-order valence-electron chi connectivity index (χ1n) is 9.59. The number of piperidine rings is 1. The Morgan fingerprint density at radius 3 is 2.52 bits per heavy atom. The van der Waals surface area contributed by atoms with Crippen molar-refractivity contribution in [2.75, 3.05) is 13.1 Å². The maximum absolute atomic E-state index is 12.5. The smallest absolute Gasteiger partial charge is 0.317 e. The number of hydrogen-bond donors (Lipinski definition) is 2. The summed E-state index contributed by atoms with van der Waals surface area (Å²) in [6.07, 6.45) is 7.67. The fourth-order valence-corrected chi connectivity index (χ4v) is 3.83. The van der Waals surface area contributed by atoms with E-state index in [1.807, 2.05) is 30.3 Å². The molecular weight excluding hydrogens is 314 g/mol. The molecule has 5 heteroatoms. The molecule has 1 saturated carbocycles. The van der Waals surface area contributed by atoms with Gasteiger partial charge in [0.05, 0.1) is 5.92 Å². The number of nitrogens with one attached hydrogen (secondary N) is 2. The van der Waals surface area contributed by atoms with Crippen molar-refractivity contribution in [3.63, 3.8) is 0 Å². The lowest BCUT2D eigenvalue weighted by Gasteiger charge is -2.33. The van der Waals surface area contributed by atoms with E-state index in [4.69, 9.17) is 0 Å². The second-order valence-corrected chi connectivity index (χ2v) is 7.27. The van der Waals surface area contributed by atoms with Gasteiger partial charge in [-0.15, -0.1) is 0 Å². The van der Waals surface area contributed by atoms with Gasteiger partial charge in [0.2, 0.25) is 5.91 Å². The van der Waals surface area contributed by atoms with Crippen molar-refractivity contribution in [2.45, 2.75) is 57.5 Å². The molecule has 0 spiro atoms. The topological polar surface area (TPSA) is 61.4 Å². The second kappa shape index (κ2) is 8.88. The number of likely N-dealkylation sites (tertiary alicyclic amines) is 1. The SMILES string of the molecule is O=C(NC1CCCCC1)[C@@H]1CCCN(C(=O)NCc2ccccc2)C1. The van der Waals surface area contributed by atoms with E-state index < -0.39 is 0 Å². The number of hydrogen-bond acceptors (Lipinski definition) is 2. The fraction of sp³-hybridized carbons (Fsp3) is 0.600. The van der Waals surface area contributed by atoms with Crippen molar-refractivity contribution in [3.05, 3.63) is 35.9 Å². The Bertz CT molecular complexity index is 570. The van der Waals surface area contributed by atoms with E-state index in [0.29, 0.717) is 19.1 Å². The standard InChI is InChI=1S/C20H29N3O2/c24-19(22-18-11-5-2-6-12-18)17-10-7-13-23(15-17)20(25)21-14-16-8-3-1-4-9-16/h1,3-4,8-9,17-18H,2,5-7,10-15H2,(H,21,25)(H,22,24)/t17-/m1/s1. The Balaban J connectivity index is 1.46. The first kappa shape index (κ1) is 17.8. The zero-order valence-electron chi connectivity index (χ0n) is 14.9. The van der Waals surface area contributed by atoms with E-state index in [1.165, 1.54) is 19.3 Å². The third kappa shape index (κ3) is 5.21. The zero-order valence-corrected chi connectivity index (χ0v) is 14.9. The lowest BCUT2D eigenvalue weighted by Crippen LogP contribution is -2.50. The molecule has 136 valence electrons. The van der Waals surface area contributed by atoms with Crippen LogP contribution in [0.5, 0.6) is 0 Å². The van der Waals surface area contributed by atoms with Crippen LogP contribution in [0.3, 0.4) is 0 Å². The van der Waals surface area contributed by atoms with Crippen molar-refractivity contribution in [1.82, 2.24) is 15.5 Å². The maximum Gasteiger partial charge on any atom is 0.317 e. The average molecular weight is 343 g/mol. The van der Waals surface area contributed by atoms with E-state index in [9.17, 15) is 9.59 Å². The molecule has 2 fully saturated rings. The molecule has 1 aromatic rings. The van der Waals surface area contributed by atoms with Gasteiger partial charge in [0.1, 0.15) is 0 Å². The van der Waals surface area contributed by atoms with Crippen LogP contribution in [0, 0.1) is 5.92 Å². The number of amides is 3. The van der Waals surface area contributed by atoms with Gasteiger partial charge in [0, 0.05) is 25.7 Å². The van der Waals surface area contributed by atoms with Crippen LogP contribution in [0.1, 0.15) is 50.5 Å². The monoisotopic (exact) mass is 343 g/mol. The quantitative estimate of drug-likeness (QED) is 0.883. The molecule has 3 amide bonds. The van der Waals surface area contributed by atoms with Gasteiger partial charge in [-0.2, -0.15) is 0 Å². The number of nitrogens with zero attached hydrogens (tertiary/aromatic N) is 1. The second-order valence-electron chi connectivity index (χ2n) is 7.27. The summed E-state index contributed by atoms with van der Waals surface area (Å²) in [7, 11) is 0. The molecule has 2 N–H and O–H groups in total. The van der Waals surface area contributed by atoms with Gasteiger partial charge >= 0.3 is 6.03 Å². The average Bonchev–Trinajstić information content (AvgIpc) is 2.68. The predicted molar refractivity (Wildman–Crippen MR) is 98.0 cm³/mol. The minimum absolute atomic E-state index is 0.0704. The van der Waals surface area contributed by atoms with Crippen LogP contribution in [-0.2, 0) is 11.3 Å². The molecule has 25 heavy (non-hydrogen) atoms. The Morgan fingerprint density at radius 2 is 1.76 bits per heavy atom. The molecule has 0 aromatic heterocycles. The molecular formula is C20H29N3O2. The van der Waals surface area contributed by atoms with Crippen LogP contribution >= 0.6 is 0 Å². The largest absolute Gasteiger partial charge is 0.353 e. The summed E-state index contributed by atoms with van der Waals surface area (Å²) in [5.41, 5.74) is 1.08. The molecule has 1 heterocycles. The Labute approximate surface area is 150 Å². The Morgan fingerprint density at radius 1 is 1.00 bits per heavy atom. The first-order chi connectivity index (χ1) is 12.2. The molecule has 1 saturated heterocycles. The van der Waals surface area contributed by atoms with Crippen LogP contribution in [0.4, 0.5) is 4.79 Å². The van der Waals surface area contributed by atoms with Gasteiger partial charge in [0.15, 0.2) is 0 Å². The van der Waals surface area contributed by atoms with Crippen molar-refractivity contribution < 1.29 is 9.59 Å². The number of carbonyl (C=O) groups excluding carboxylic acids is 2. The third-order valence-electron chi connectivity index (χ3n) is 5.32. The van der Waals surface area contributed by atoms with Gasteiger partial charge in [-0.1, -0.05) is 49.6 Å². The lowest BCUT2D eigenvalue weighted by molar-refractivity contribution is -0.127. The number of benzene rings is 1. The molecule has 0 bridgehead atoms. The molecule has 5 nitrogen and oxygen atoms in total. The molecule has 1 aliphatic carbocycles. The van der Waals surface area contributed by atoms with E-state index in [1.54, 1.807) is 4.90 Å². The van der Waals surface area contributed by atoms with Gasteiger partial charge in [-0.25, -0.2) is 4.79 Å². The Kier molecular flexibility index (Phi) is 6.31. The summed E-state index contributed by atoms with van der Waals surface area (Å²) in [4.78, 5) is 26.7. The number of carbonyl (C=O) groups is 2. The molecule has 0 radical (unpaired) electrons. The molecule has 1 atom stereocenters. The first-order valence-corrected chi connectivity index (χ1v) is 9.59. The van der Waals surface area contributed by atoms with Crippen LogP contribution < -0.4 is 10.6 Å². The summed E-state index contributed by atoms with van der Waals surface area (Å²) in [5.74, 6) is 0.0608. The van der Waals surface area contributed by atoms with E-state index in [0.717, 1.165) is 37.8 Å². The normalized spacial score (nSPS) is 21.6. The third-order valence-corrected chi connectivity index (χ3v) is 5.32. The highest BCUT2D eigenvalue weighted by molar-refractivity contribution is 5.81. The molecule has 1 aliphatic heterocycles. The van der Waals surface area contributed by atoms with Gasteiger partial charge in [-0.3, -0.25) is 4.79 Å². The summed E-state index contributed by atoms with van der Waals surface area (Å²) in [5, 5.41) is 6.17. The highest BCUT2D eigenvalue weighted by atomic mass is 16.2. The predicted octanol–water partition coefficient (Wildman–Crippen LogP) is 3.06. The van der Waals surface area contributed by atoms with Crippen LogP contribution in [0.25, 0.3) is 0 Å². The van der Waals surface area contributed by atoms with E-state index in [-0.39, 0.29) is 17.9 Å². The van der Waals surface area contributed by atoms with Crippen LogP contribution in [-0.4, -0.2) is 36.0 Å². The maximum atomic E-state index is 12.5. The molecule has 1 aromatic carbocycles. The molecule has 2 aliphatic rings. The van der Waals surface area contributed by atoms with E-state index >= 15 is 0 Å². The van der Waals surface area contributed by atoms with Crippen molar-refractivity contribution in [2.24, 2.45) is 5.92 Å². The van der Waals surface area contributed by atoms with Crippen molar-refractivity contribution >= 4 is 11.9 Å². The van der Waals surface area contributed by atoms with Gasteiger partial charge < -0.3 is 15.5 Å². The summed E-state index contributed by atoms with van der Waals surface area (Å²) < 4.78 is 0. The van der Waals surface area contributed by atoms with Crippen molar-refractivity contribution in [3.8, 4) is 0 Å². The lowest BCUT2D eigenvalue weighted by atomic mass is 9.93. The van der Waals surface area contributed by atoms with E-state index in [2.05, 4.69) is 10.6 Å². The zero-order chi connectivity index (χ0) is 17.5. The summed E-state index contributed by atoms with van der Waals surface area (Å²) in [6.45, 7) is 1.78. The highest BCUT2D eigenvalue weighted by Crippen LogP contribution is 2.20.